The third-order valence-electron chi connectivity index (χ3n) is 0.918. The fourth-order valence-electron chi connectivity index (χ4n) is 0.518. The number of hydrogen-bond acceptors (Lipinski definition) is 1. The van der Waals surface area contributed by atoms with Gasteiger partial charge in [-0.25, -0.2) is 0 Å². The van der Waals surface area contributed by atoms with Crippen molar-refractivity contribution in [2.75, 3.05) is 5.88 Å². The summed E-state index contributed by atoms with van der Waals surface area (Å²) < 4.78 is 0. The molecular formula is C7H13Cl2NO. The van der Waals surface area contributed by atoms with Gasteiger partial charge < -0.3 is 5.32 Å². The highest BCUT2D eigenvalue weighted by Gasteiger charge is 2.19. The Balaban J connectivity index is 3.88. The molecule has 0 fully saturated rings. The third kappa shape index (κ3) is 5.33. The summed E-state index contributed by atoms with van der Waals surface area (Å²) in [5.41, 5.74) is -0.240. The maximum Gasteiger partial charge on any atom is 0.239 e. The molecule has 4 heteroatoms. The van der Waals surface area contributed by atoms with E-state index >= 15 is 0 Å². The number of hydrogen-bond donors (Lipinski definition) is 1. The van der Waals surface area contributed by atoms with Crippen LogP contribution in [0.1, 0.15) is 20.8 Å². The summed E-state index contributed by atoms with van der Waals surface area (Å²) in [6, 6.07) is 0. The first-order valence-electron chi connectivity index (χ1n) is 3.39. The quantitative estimate of drug-likeness (QED) is 0.673. The maximum atomic E-state index is 11.1. The van der Waals surface area contributed by atoms with Crippen molar-refractivity contribution >= 4 is 29.1 Å². The first-order chi connectivity index (χ1) is 4.87. The topological polar surface area (TPSA) is 29.1 Å². The van der Waals surface area contributed by atoms with Crippen LogP contribution in [0.25, 0.3) is 0 Å². The zero-order chi connectivity index (χ0) is 9.07. The number of alkyl halides is 2. The molecule has 66 valence electrons. The van der Waals surface area contributed by atoms with E-state index < -0.39 is 5.38 Å². The van der Waals surface area contributed by atoms with Gasteiger partial charge in [0.25, 0.3) is 0 Å². The predicted molar refractivity (Wildman–Crippen MR) is 48.3 cm³/mol. The van der Waals surface area contributed by atoms with E-state index in [1.165, 1.54) is 0 Å². The molecule has 0 aliphatic carbocycles. The van der Waals surface area contributed by atoms with Crippen molar-refractivity contribution in [2.24, 2.45) is 0 Å². The van der Waals surface area contributed by atoms with E-state index in [9.17, 15) is 4.79 Å². The van der Waals surface area contributed by atoms with E-state index in [0.29, 0.717) is 0 Å². The van der Waals surface area contributed by atoms with Crippen LogP contribution in [-0.2, 0) is 4.79 Å². The van der Waals surface area contributed by atoms with Crippen LogP contribution in [0.2, 0.25) is 0 Å². The molecule has 0 bridgehead atoms. The normalized spacial score (nSPS) is 14.3. The van der Waals surface area contributed by atoms with Gasteiger partial charge in [0.05, 0.1) is 0 Å². The molecule has 0 rings (SSSR count). The van der Waals surface area contributed by atoms with E-state index in [1.54, 1.807) is 0 Å². The molecule has 1 atom stereocenters. The van der Waals surface area contributed by atoms with E-state index in [-0.39, 0.29) is 17.3 Å². The fraction of sp³-hybridized carbons (Fsp3) is 0.857. The standard InChI is InChI=1S/C7H13Cl2NO/c1-7(2,3)10-6(11)5(9)4-8/h5H,4H2,1-3H3,(H,10,11). The molecule has 0 aromatic rings. The molecule has 0 heterocycles. The number of carbonyl (C=O) groups excluding carboxylic acids is 1. The van der Waals surface area contributed by atoms with E-state index in [0.717, 1.165) is 0 Å². The van der Waals surface area contributed by atoms with E-state index in [4.69, 9.17) is 23.2 Å². The number of carbonyl (C=O) groups is 1. The largest absolute Gasteiger partial charge is 0.350 e. The Hall–Kier alpha value is 0.0500. The van der Waals surface area contributed by atoms with Gasteiger partial charge in [-0.1, -0.05) is 0 Å². The van der Waals surface area contributed by atoms with Crippen molar-refractivity contribution < 1.29 is 4.79 Å². The average Bonchev–Trinajstić information content (AvgIpc) is 1.82. The molecule has 0 saturated heterocycles. The second-order valence-electron chi connectivity index (χ2n) is 3.36. The first-order valence-corrected chi connectivity index (χ1v) is 4.36. The Kier molecular flexibility index (Phi) is 4.19. The summed E-state index contributed by atoms with van der Waals surface area (Å²) in [5, 5.41) is 2.09. The summed E-state index contributed by atoms with van der Waals surface area (Å²) in [5.74, 6) is -0.0714. The van der Waals surface area contributed by atoms with Crippen LogP contribution in [0.3, 0.4) is 0 Å². The third-order valence-corrected chi connectivity index (χ3v) is 1.74. The van der Waals surface area contributed by atoms with Gasteiger partial charge in [0.15, 0.2) is 0 Å². The highest BCUT2D eigenvalue weighted by atomic mass is 35.5. The smallest absolute Gasteiger partial charge is 0.239 e. The van der Waals surface area contributed by atoms with Gasteiger partial charge >= 0.3 is 0 Å². The highest BCUT2D eigenvalue weighted by Crippen LogP contribution is 2.04. The molecule has 11 heavy (non-hydrogen) atoms. The monoisotopic (exact) mass is 197 g/mol. The summed E-state index contributed by atoms with van der Waals surface area (Å²) >= 11 is 11.0. The molecule has 1 amide bonds. The molecule has 0 aliphatic heterocycles. The highest BCUT2D eigenvalue weighted by molar-refractivity contribution is 6.36. The van der Waals surface area contributed by atoms with Crippen LogP contribution in [0.5, 0.6) is 0 Å². The van der Waals surface area contributed by atoms with E-state index in [2.05, 4.69) is 5.32 Å². The summed E-state index contributed by atoms with van der Waals surface area (Å²) in [6.07, 6.45) is 0. The van der Waals surface area contributed by atoms with Gasteiger partial charge in [0.2, 0.25) is 5.91 Å². The second kappa shape index (κ2) is 4.17. The lowest BCUT2D eigenvalue weighted by Gasteiger charge is -2.21. The van der Waals surface area contributed by atoms with Crippen molar-refractivity contribution in [3.8, 4) is 0 Å². The van der Waals surface area contributed by atoms with Crippen LogP contribution in [0.4, 0.5) is 0 Å². The van der Waals surface area contributed by atoms with Crippen LogP contribution in [-0.4, -0.2) is 22.7 Å². The van der Waals surface area contributed by atoms with Gasteiger partial charge in [-0.2, -0.15) is 0 Å². The van der Waals surface area contributed by atoms with Crippen LogP contribution in [0, 0.1) is 0 Å². The number of amides is 1. The number of halogens is 2. The zero-order valence-corrected chi connectivity index (χ0v) is 8.46. The van der Waals surface area contributed by atoms with Gasteiger partial charge in [-0.05, 0) is 20.8 Å². The Morgan fingerprint density at radius 3 is 2.27 bits per heavy atom. The minimum Gasteiger partial charge on any atom is -0.350 e. The van der Waals surface area contributed by atoms with Gasteiger partial charge in [-0.3, -0.25) is 4.79 Å². The molecule has 2 nitrogen and oxygen atoms in total. The van der Waals surface area contributed by atoms with Crippen LogP contribution < -0.4 is 5.32 Å². The number of rotatable bonds is 2. The molecule has 0 spiro atoms. The van der Waals surface area contributed by atoms with Crippen molar-refractivity contribution in [3.63, 3.8) is 0 Å². The second-order valence-corrected chi connectivity index (χ2v) is 4.20. The minimum absolute atomic E-state index is 0.142. The average molecular weight is 198 g/mol. The van der Waals surface area contributed by atoms with E-state index in [1.807, 2.05) is 20.8 Å². The molecule has 0 radical (unpaired) electrons. The van der Waals surface area contributed by atoms with Crippen molar-refractivity contribution in [3.05, 3.63) is 0 Å². The van der Waals surface area contributed by atoms with Gasteiger partial charge in [-0.15, -0.1) is 23.2 Å². The lowest BCUT2D eigenvalue weighted by Crippen LogP contribution is -2.44. The molecule has 0 aromatic heterocycles. The SMILES string of the molecule is CC(C)(C)NC(=O)C(Cl)CCl. The summed E-state index contributed by atoms with van der Waals surface area (Å²) in [6.45, 7) is 5.67. The van der Waals surface area contributed by atoms with Crippen LogP contribution in [0.15, 0.2) is 0 Å². The molecule has 1 unspecified atom stereocenters. The Bertz CT molecular complexity index is 142. The molecular weight excluding hydrogens is 185 g/mol. The Morgan fingerprint density at radius 1 is 1.55 bits per heavy atom. The Morgan fingerprint density at radius 2 is 2.00 bits per heavy atom. The Labute approximate surface area is 77.2 Å². The lowest BCUT2D eigenvalue weighted by molar-refractivity contribution is -0.121. The van der Waals surface area contributed by atoms with Gasteiger partial charge in [0.1, 0.15) is 5.38 Å². The van der Waals surface area contributed by atoms with Crippen molar-refractivity contribution in [1.82, 2.24) is 5.32 Å². The molecule has 0 saturated carbocycles. The zero-order valence-electron chi connectivity index (χ0n) is 6.95. The molecule has 0 aromatic carbocycles. The van der Waals surface area contributed by atoms with Crippen molar-refractivity contribution in [1.29, 1.82) is 0 Å². The predicted octanol–water partition coefficient (Wildman–Crippen LogP) is 1.75. The minimum atomic E-state index is -0.629. The maximum absolute atomic E-state index is 11.1. The molecule has 0 aliphatic rings. The van der Waals surface area contributed by atoms with Crippen molar-refractivity contribution in [2.45, 2.75) is 31.7 Å². The lowest BCUT2D eigenvalue weighted by atomic mass is 10.1. The first kappa shape index (κ1) is 11.1. The van der Waals surface area contributed by atoms with Crippen LogP contribution >= 0.6 is 23.2 Å². The number of nitrogens with one attached hydrogen (secondary N) is 1. The molecule has 1 N–H and O–H groups in total. The summed E-state index contributed by atoms with van der Waals surface area (Å²) in [4.78, 5) is 11.1. The van der Waals surface area contributed by atoms with Gasteiger partial charge in [0, 0.05) is 11.4 Å². The summed E-state index contributed by atoms with van der Waals surface area (Å²) in [7, 11) is 0. The fourth-order valence-corrected chi connectivity index (χ4v) is 0.713.